The van der Waals surface area contributed by atoms with Crippen molar-refractivity contribution in [1.82, 2.24) is 9.97 Å². The molecular formula is C6H7F2N3O. The van der Waals surface area contributed by atoms with Gasteiger partial charge in [-0.05, 0) is 6.92 Å². The van der Waals surface area contributed by atoms with Crippen LogP contribution < -0.4 is 10.5 Å². The molecule has 6 heteroatoms. The van der Waals surface area contributed by atoms with Crippen LogP contribution >= 0.6 is 0 Å². The monoisotopic (exact) mass is 175 g/mol. The molecule has 12 heavy (non-hydrogen) atoms. The molecule has 0 saturated heterocycles. The Kier molecular flexibility index (Phi) is 2.37. The second kappa shape index (κ2) is 3.29. The van der Waals surface area contributed by atoms with Gasteiger partial charge in [0.2, 0.25) is 5.88 Å². The standard InChI is InChI=1S/C6H7F2N3O/c1-3-10-4(9)2-5(11-3)12-6(7)8/h2,6H,1H3,(H2,9,10,11). The number of halogens is 2. The Morgan fingerprint density at radius 3 is 2.67 bits per heavy atom. The van der Waals surface area contributed by atoms with E-state index >= 15 is 0 Å². The van der Waals surface area contributed by atoms with Crippen LogP contribution in [0.5, 0.6) is 5.88 Å². The highest BCUT2D eigenvalue weighted by Crippen LogP contribution is 2.12. The van der Waals surface area contributed by atoms with Crippen LogP contribution in [0, 0.1) is 6.92 Å². The van der Waals surface area contributed by atoms with Crippen molar-refractivity contribution in [3.63, 3.8) is 0 Å². The molecule has 1 aromatic rings. The first kappa shape index (κ1) is 8.63. The molecule has 0 aliphatic carbocycles. The normalized spacial score (nSPS) is 10.3. The third-order valence-electron chi connectivity index (χ3n) is 1.04. The van der Waals surface area contributed by atoms with Crippen LogP contribution in [0.4, 0.5) is 14.6 Å². The smallest absolute Gasteiger partial charge is 0.388 e. The van der Waals surface area contributed by atoms with E-state index in [4.69, 9.17) is 5.73 Å². The highest BCUT2D eigenvalue weighted by atomic mass is 19.3. The van der Waals surface area contributed by atoms with E-state index in [1.807, 2.05) is 0 Å². The number of rotatable bonds is 2. The summed E-state index contributed by atoms with van der Waals surface area (Å²) in [7, 11) is 0. The largest absolute Gasteiger partial charge is 0.417 e. The molecule has 0 aromatic carbocycles. The van der Waals surface area contributed by atoms with Gasteiger partial charge in [0, 0.05) is 6.07 Å². The van der Waals surface area contributed by atoms with Gasteiger partial charge < -0.3 is 10.5 Å². The van der Waals surface area contributed by atoms with Crippen molar-refractivity contribution >= 4 is 5.82 Å². The molecule has 1 aromatic heterocycles. The van der Waals surface area contributed by atoms with E-state index in [1.165, 1.54) is 6.92 Å². The van der Waals surface area contributed by atoms with Crippen LogP contribution in [-0.2, 0) is 0 Å². The molecule has 0 unspecified atom stereocenters. The fraction of sp³-hybridized carbons (Fsp3) is 0.333. The second-order valence-corrected chi connectivity index (χ2v) is 2.06. The van der Waals surface area contributed by atoms with Crippen LogP contribution in [-0.4, -0.2) is 16.6 Å². The lowest BCUT2D eigenvalue weighted by atomic mass is 10.5. The number of hydrogen-bond acceptors (Lipinski definition) is 4. The third-order valence-corrected chi connectivity index (χ3v) is 1.04. The Bertz CT molecular complexity index is 259. The first-order valence-corrected chi connectivity index (χ1v) is 3.14. The number of ether oxygens (including phenoxy) is 1. The Morgan fingerprint density at radius 1 is 1.50 bits per heavy atom. The van der Waals surface area contributed by atoms with Gasteiger partial charge in [0.25, 0.3) is 0 Å². The minimum Gasteiger partial charge on any atom is -0.417 e. The summed E-state index contributed by atoms with van der Waals surface area (Å²) in [5.41, 5.74) is 5.26. The van der Waals surface area contributed by atoms with E-state index in [2.05, 4.69) is 14.7 Å². The fourth-order valence-electron chi connectivity index (χ4n) is 0.714. The number of alkyl halides is 2. The molecule has 0 atom stereocenters. The zero-order valence-corrected chi connectivity index (χ0v) is 6.29. The minimum atomic E-state index is -2.89. The number of nitrogens with two attached hydrogens (primary N) is 1. The summed E-state index contributed by atoms with van der Waals surface area (Å²) in [4.78, 5) is 7.26. The van der Waals surface area contributed by atoms with E-state index in [0.717, 1.165) is 6.07 Å². The van der Waals surface area contributed by atoms with Crippen molar-refractivity contribution in [2.45, 2.75) is 13.5 Å². The molecule has 1 heterocycles. The summed E-state index contributed by atoms with van der Waals surface area (Å²) in [6, 6.07) is 1.14. The average Bonchev–Trinajstić information content (AvgIpc) is 1.81. The third kappa shape index (κ3) is 2.30. The molecule has 1 rings (SSSR count). The molecular weight excluding hydrogens is 168 g/mol. The van der Waals surface area contributed by atoms with Crippen molar-refractivity contribution in [2.24, 2.45) is 0 Å². The molecule has 0 fully saturated rings. The molecule has 66 valence electrons. The average molecular weight is 175 g/mol. The Labute approximate surface area is 67.4 Å². The van der Waals surface area contributed by atoms with Gasteiger partial charge >= 0.3 is 6.61 Å². The molecule has 4 nitrogen and oxygen atoms in total. The van der Waals surface area contributed by atoms with Gasteiger partial charge in [-0.3, -0.25) is 0 Å². The zero-order chi connectivity index (χ0) is 9.14. The number of aromatic nitrogens is 2. The summed E-state index contributed by atoms with van der Waals surface area (Å²) in [6.07, 6.45) is 0. The lowest BCUT2D eigenvalue weighted by molar-refractivity contribution is -0.0529. The van der Waals surface area contributed by atoms with Gasteiger partial charge in [-0.2, -0.15) is 13.8 Å². The first-order chi connectivity index (χ1) is 5.58. The highest BCUT2D eigenvalue weighted by Gasteiger charge is 2.06. The quantitative estimate of drug-likeness (QED) is 0.727. The van der Waals surface area contributed by atoms with Crippen LogP contribution in [0.1, 0.15) is 5.82 Å². The molecule has 0 bridgehead atoms. The number of hydrogen-bond donors (Lipinski definition) is 1. The Morgan fingerprint density at radius 2 is 2.17 bits per heavy atom. The number of nitrogen functional groups attached to an aromatic ring is 1. The minimum absolute atomic E-state index is 0.109. The highest BCUT2D eigenvalue weighted by molar-refractivity contribution is 5.32. The maximum atomic E-state index is 11.7. The molecule has 0 aliphatic rings. The number of anilines is 1. The van der Waals surface area contributed by atoms with Crippen molar-refractivity contribution in [2.75, 3.05) is 5.73 Å². The van der Waals surface area contributed by atoms with Crippen LogP contribution in [0.3, 0.4) is 0 Å². The summed E-state index contributed by atoms with van der Waals surface area (Å²) < 4.78 is 27.3. The predicted molar refractivity (Wildman–Crippen MR) is 37.8 cm³/mol. The lowest BCUT2D eigenvalue weighted by Gasteiger charge is -2.03. The first-order valence-electron chi connectivity index (χ1n) is 3.14. The van der Waals surface area contributed by atoms with Gasteiger partial charge in [0.05, 0.1) is 0 Å². The SMILES string of the molecule is Cc1nc(N)cc(OC(F)F)n1. The van der Waals surface area contributed by atoms with E-state index in [9.17, 15) is 8.78 Å². The molecule has 0 aliphatic heterocycles. The molecule has 0 saturated carbocycles. The topological polar surface area (TPSA) is 61.0 Å². The second-order valence-electron chi connectivity index (χ2n) is 2.06. The number of aryl methyl sites for hydroxylation is 1. The summed E-state index contributed by atoms with van der Waals surface area (Å²) in [5.74, 6) is 0.193. The van der Waals surface area contributed by atoms with Crippen molar-refractivity contribution in [3.05, 3.63) is 11.9 Å². The van der Waals surface area contributed by atoms with Gasteiger partial charge in [0.1, 0.15) is 11.6 Å². The number of nitrogens with zero attached hydrogens (tertiary/aromatic N) is 2. The predicted octanol–water partition coefficient (Wildman–Crippen LogP) is 0.969. The van der Waals surface area contributed by atoms with Gasteiger partial charge in [-0.25, -0.2) is 4.98 Å². The molecule has 0 radical (unpaired) electrons. The lowest BCUT2D eigenvalue weighted by Crippen LogP contribution is -2.06. The van der Waals surface area contributed by atoms with Crippen LogP contribution in [0.25, 0.3) is 0 Å². The summed E-state index contributed by atoms with van der Waals surface area (Å²) in [6.45, 7) is -1.35. The zero-order valence-electron chi connectivity index (χ0n) is 6.29. The van der Waals surface area contributed by atoms with Gasteiger partial charge in [-0.15, -0.1) is 0 Å². The Balaban J connectivity index is 2.85. The maximum Gasteiger partial charge on any atom is 0.388 e. The van der Waals surface area contributed by atoms with Gasteiger partial charge in [0.15, 0.2) is 0 Å². The van der Waals surface area contributed by atoms with E-state index in [1.54, 1.807) is 0 Å². The molecule has 2 N–H and O–H groups in total. The Hall–Kier alpha value is -1.46. The molecule has 0 amide bonds. The van der Waals surface area contributed by atoms with Crippen molar-refractivity contribution in [3.8, 4) is 5.88 Å². The van der Waals surface area contributed by atoms with E-state index in [-0.39, 0.29) is 11.7 Å². The van der Waals surface area contributed by atoms with Crippen molar-refractivity contribution in [1.29, 1.82) is 0 Å². The summed E-state index contributed by atoms with van der Waals surface area (Å²) >= 11 is 0. The summed E-state index contributed by atoms with van der Waals surface area (Å²) in [5, 5.41) is 0. The van der Waals surface area contributed by atoms with Crippen LogP contribution in [0.15, 0.2) is 6.07 Å². The van der Waals surface area contributed by atoms with Crippen LogP contribution in [0.2, 0.25) is 0 Å². The molecule has 0 spiro atoms. The van der Waals surface area contributed by atoms with E-state index < -0.39 is 6.61 Å². The van der Waals surface area contributed by atoms with E-state index in [0.29, 0.717) is 5.82 Å². The fourth-order valence-corrected chi connectivity index (χ4v) is 0.714. The van der Waals surface area contributed by atoms with Gasteiger partial charge in [-0.1, -0.05) is 0 Å². The maximum absolute atomic E-state index is 11.7. The van der Waals surface area contributed by atoms with Crippen molar-refractivity contribution < 1.29 is 13.5 Å².